The highest BCUT2D eigenvalue weighted by atomic mass is 19.4. The number of halogens is 3. The van der Waals surface area contributed by atoms with Gasteiger partial charge in [-0.3, -0.25) is 9.63 Å². The zero-order valence-electron chi connectivity index (χ0n) is 12.9. The van der Waals surface area contributed by atoms with Crippen LogP contribution < -0.4 is 0 Å². The molecule has 1 aromatic heterocycles. The summed E-state index contributed by atoms with van der Waals surface area (Å²) in [6, 6.07) is 6.60. The smallest absolute Gasteiger partial charge is 0.329 e. The Bertz CT molecular complexity index is 753. The van der Waals surface area contributed by atoms with Crippen LogP contribution in [-0.4, -0.2) is 33.1 Å². The third-order valence-corrected chi connectivity index (χ3v) is 3.86. The first-order chi connectivity index (χ1) is 11.2. The molecule has 0 spiro atoms. The summed E-state index contributed by atoms with van der Waals surface area (Å²) < 4.78 is 41.6. The van der Waals surface area contributed by atoms with Gasteiger partial charge >= 0.3 is 12.1 Å². The molecule has 128 valence electrons. The van der Waals surface area contributed by atoms with Gasteiger partial charge in [-0.15, -0.1) is 0 Å². The highest BCUT2D eigenvalue weighted by molar-refractivity contribution is 5.89. The fraction of sp³-hybridized carbons (Fsp3) is 0.400. The topological polar surface area (TPSA) is 68.5 Å². The SMILES string of the molecule is CC1(C)C(=O)CON1Cc1ccc(-c2noc(C(F)(F)F)n2)cc1. The summed E-state index contributed by atoms with van der Waals surface area (Å²) in [6.07, 6.45) is -4.67. The second-order valence-corrected chi connectivity index (χ2v) is 5.91. The number of rotatable bonds is 3. The number of nitrogens with zero attached hydrogens (tertiary/aromatic N) is 3. The van der Waals surface area contributed by atoms with Crippen molar-refractivity contribution in [2.45, 2.75) is 32.1 Å². The fourth-order valence-corrected chi connectivity index (χ4v) is 2.24. The van der Waals surface area contributed by atoms with Gasteiger partial charge in [0.25, 0.3) is 0 Å². The average molecular weight is 341 g/mol. The van der Waals surface area contributed by atoms with Gasteiger partial charge in [-0.05, 0) is 19.4 Å². The molecule has 1 aromatic carbocycles. The summed E-state index contributed by atoms with van der Waals surface area (Å²) in [4.78, 5) is 20.4. The lowest BCUT2D eigenvalue weighted by atomic mass is 10.00. The van der Waals surface area contributed by atoms with Crippen LogP contribution in [0.4, 0.5) is 13.2 Å². The lowest BCUT2D eigenvalue weighted by Gasteiger charge is -2.27. The number of Topliss-reactive ketones (excluding diaryl/α,β-unsaturated/α-hetero) is 1. The van der Waals surface area contributed by atoms with Gasteiger partial charge in [0.2, 0.25) is 5.82 Å². The van der Waals surface area contributed by atoms with E-state index in [4.69, 9.17) is 4.84 Å². The minimum absolute atomic E-state index is 0.00871. The van der Waals surface area contributed by atoms with Crippen molar-refractivity contribution in [1.29, 1.82) is 0 Å². The van der Waals surface area contributed by atoms with Crippen molar-refractivity contribution >= 4 is 5.78 Å². The van der Waals surface area contributed by atoms with Crippen LogP contribution >= 0.6 is 0 Å². The molecule has 1 saturated heterocycles. The molecule has 0 N–H and O–H groups in total. The molecular weight excluding hydrogens is 327 g/mol. The number of benzene rings is 1. The second kappa shape index (κ2) is 5.67. The van der Waals surface area contributed by atoms with Gasteiger partial charge in [-0.2, -0.15) is 23.2 Å². The van der Waals surface area contributed by atoms with E-state index in [0.717, 1.165) is 5.56 Å². The Morgan fingerprint density at radius 2 is 1.92 bits per heavy atom. The van der Waals surface area contributed by atoms with Crippen LogP contribution in [-0.2, 0) is 22.4 Å². The zero-order valence-corrected chi connectivity index (χ0v) is 12.9. The van der Waals surface area contributed by atoms with Crippen molar-refractivity contribution in [3.05, 3.63) is 35.7 Å². The van der Waals surface area contributed by atoms with Crippen molar-refractivity contribution in [1.82, 2.24) is 15.2 Å². The summed E-state index contributed by atoms with van der Waals surface area (Å²) in [6.45, 7) is 3.95. The third-order valence-electron chi connectivity index (χ3n) is 3.86. The summed E-state index contributed by atoms with van der Waals surface area (Å²) >= 11 is 0. The molecule has 6 nitrogen and oxygen atoms in total. The Morgan fingerprint density at radius 3 is 2.42 bits per heavy atom. The summed E-state index contributed by atoms with van der Waals surface area (Å²) in [5, 5.41) is 4.92. The molecule has 3 rings (SSSR count). The van der Waals surface area contributed by atoms with Crippen LogP contribution in [0.25, 0.3) is 11.4 Å². The Balaban J connectivity index is 1.74. The number of ketones is 1. The van der Waals surface area contributed by atoms with Crippen LogP contribution in [0.15, 0.2) is 28.8 Å². The first-order valence-corrected chi connectivity index (χ1v) is 7.12. The molecule has 0 atom stereocenters. The molecule has 9 heteroatoms. The number of hydrogen-bond acceptors (Lipinski definition) is 6. The summed E-state index contributed by atoms with van der Waals surface area (Å²) in [7, 11) is 0. The largest absolute Gasteiger partial charge is 0.471 e. The summed E-state index contributed by atoms with van der Waals surface area (Å²) in [5.74, 6) is -1.53. The van der Waals surface area contributed by atoms with E-state index in [9.17, 15) is 18.0 Å². The number of hydrogen-bond donors (Lipinski definition) is 0. The second-order valence-electron chi connectivity index (χ2n) is 5.91. The first-order valence-electron chi connectivity index (χ1n) is 7.12. The van der Waals surface area contributed by atoms with Crippen LogP contribution in [0.3, 0.4) is 0 Å². The van der Waals surface area contributed by atoms with E-state index in [-0.39, 0.29) is 18.2 Å². The number of carbonyl (C=O) groups is 1. The van der Waals surface area contributed by atoms with E-state index < -0.39 is 17.6 Å². The molecule has 0 unspecified atom stereocenters. The molecular formula is C15H14F3N3O3. The normalized spacial score (nSPS) is 18.3. The molecule has 0 aliphatic carbocycles. The quantitative estimate of drug-likeness (QED) is 0.855. The number of hydroxylamine groups is 2. The van der Waals surface area contributed by atoms with E-state index in [1.54, 1.807) is 43.2 Å². The zero-order chi connectivity index (χ0) is 17.5. The molecule has 1 aliphatic rings. The van der Waals surface area contributed by atoms with Crippen molar-refractivity contribution in [2.24, 2.45) is 0 Å². The summed E-state index contributed by atoms with van der Waals surface area (Å²) in [5.41, 5.74) is 0.519. The van der Waals surface area contributed by atoms with Crippen LogP contribution in [0, 0.1) is 0 Å². The Hall–Kier alpha value is -2.26. The van der Waals surface area contributed by atoms with Crippen molar-refractivity contribution in [3.63, 3.8) is 0 Å². The molecule has 0 radical (unpaired) electrons. The molecule has 24 heavy (non-hydrogen) atoms. The van der Waals surface area contributed by atoms with E-state index in [1.807, 2.05) is 0 Å². The minimum atomic E-state index is -4.67. The van der Waals surface area contributed by atoms with E-state index in [2.05, 4.69) is 14.7 Å². The predicted octanol–water partition coefficient (Wildman–Crippen LogP) is 2.85. The molecule has 1 fully saturated rings. The highest BCUT2D eigenvalue weighted by Crippen LogP contribution is 2.30. The third kappa shape index (κ3) is 3.04. The van der Waals surface area contributed by atoms with Gasteiger partial charge in [-0.25, -0.2) is 0 Å². The fourth-order valence-electron chi connectivity index (χ4n) is 2.24. The molecule has 0 amide bonds. The van der Waals surface area contributed by atoms with E-state index >= 15 is 0 Å². The van der Waals surface area contributed by atoms with Crippen LogP contribution in [0.2, 0.25) is 0 Å². The molecule has 0 saturated carbocycles. The van der Waals surface area contributed by atoms with E-state index in [0.29, 0.717) is 12.1 Å². The number of aromatic nitrogens is 2. The minimum Gasteiger partial charge on any atom is -0.329 e. The maximum absolute atomic E-state index is 12.5. The van der Waals surface area contributed by atoms with Crippen molar-refractivity contribution < 1.29 is 27.3 Å². The van der Waals surface area contributed by atoms with Crippen molar-refractivity contribution in [3.8, 4) is 11.4 Å². The lowest BCUT2D eigenvalue weighted by molar-refractivity contribution is -0.163. The van der Waals surface area contributed by atoms with Gasteiger partial charge in [-0.1, -0.05) is 29.4 Å². The Morgan fingerprint density at radius 1 is 1.25 bits per heavy atom. The van der Waals surface area contributed by atoms with E-state index in [1.165, 1.54) is 0 Å². The molecule has 1 aliphatic heterocycles. The van der Waals surface area contributed by atoms with Crippen molar-refractivity contribution in [2.75, 3.05) is 6.61 Å². The molecule has 2 heterocycles. The highest BCUT2D eigenvalue weighted by Gasteiger charge is 2.41. The Kier molecular flexibility index (Phi) is 3.92. The van der Waals surface area contributed by atoms with Crippen LogP contribution in [0.5, 0.6) is 0 Å². The standard InChI is InChI=1S/C15H14F3N3O3/c1-14(2)11(22)8-23-21(14)7-9-3-5-10(6-4-9)12-19-13(24-20-12)15(16,17)18/h3-6H,7-8H2,1-2H3. The first kappa shape index (κ1) is 16.6. The maximum Gasteiger partial charge on any atom is 0.471 e. The maximum atomic E-state index is 12.5. The lowest BCUT2D eigenvalue weighted by Crippen LogP contribution is -2.41. The van der Waals surface area contributed by atoms with Crippen LogP contribution in [0.1, 0.15) is 25.3 Å². The number of alkyl halides is 3. The average Bonchev–Trinajstić information content (AvgIpc) is 3.09. The van der Waals surface area contributed by atoms with Gasteiger partial charge < -0.3 is 4.52 Å². The number of carbonyl (C=O) groups excluding carboxylic acids is 1. The van der Waals surface area contributed by atoms with Gasteiger partial charge in [0.1, 0.15) is 12.1 Å². The monoisotopic (exact) mass is 341 g/mol. The van der Waals surface area contributed by atoms with Gasteiger partial charge in [0.05, 0.1) is 6.54 Å². The molecule has 2 aromatic rings. The van der Waals surface area contributed by atoms with Gasteiger partial charge in [0.15, 0.2) is 5.78 Å². The Labute approximate surface area is 135 Å². The predicted molar refractivity (Wildman–Crippen MR) is 75.3 cm³/mol. The molecule has 0 bridgehead atoms. The van der Waals surface area contributed by atoms with Gasteiger partial charge in [0, 0.05) is 5.56 Å².